The lowest BCUT2D eigenvalue weighted by atomic mass is 10.1. The van der Waals surface area contributed by atoms with Gasteiger partial charge in [-0.05, 0) is 38.5 Å². The molecule has 3 heteroatoms. The summed E-state index contributed by atoms with van der Waals surface area (Å²) in [6.07, 6.45) is 3.18. The van der Waals surface area contributed by atoms with Gasteiger partial charge in [-0.3, -0.25) is 4.79 Å². The highest BCUT2D eigenvalue weighted by Gasteiger charge is 2.11. The number of hydrogen-bond acceptors (Lipinski definition) is 2. The molecule has 0 fully saturated rings. The van der Waals surface area contributed by atoms with Gasteiger partial charge in [0.1, 0.15) is 5.75 Å². The fourth-order valence-corrected chi connectivity index (χ4v) is 1.59. The molecule has 0 aliphatic carbocycles. The van der Waals surface area contributed by atoms with Crippen molar-refractivity contribution < 1.29 is 9.53 Å². The lowest BCUT2D eigenvalue weighted by Crippen LogP contribution is -2.39. The maximum Gasteiger partial charge on any atom is 0.244 e. The molecule has 0 radical (unpaired) electrons. The zero-order chi connectivity index (χ0) is 14.5. The summed E-state index contributed by atoms with van der Waals surface area (Å²) in [7, 11) is 1.61. The van der Waals surface area contributed by atoms with Gasteiger partial charge in [-0.25, -0.2) is 0 Å². The second-order valence-corrected chi connectivity index (χ2v) is 5.30. The van der Waals surface area contributed by atoms with E-state index < -0.39 is 0 Å². The van der Waals surface area contributed by atoms with E-state index in [4.69, 9.17) is 4.74 Å². The summed E-state index contributed by atoms with van der Waals surface area (Å²) in [4.78, 5) is 11.7. The van der Waals surface area contributed by atoms with Gasteiger partial charge < -0.3 is 10.1 Å². The highest BCUT2D eigenvalue weighted by Crippen LogP contribution is 2.25. The monoisotopic (exact) mass is 259 g/mol. The van der Waals surface area contributed by atoms with Crippen molar-refractivity contribution in [1.29, 1.82) is 0 Å². The molecule has 0 saturated carbocycles. The predicted octanol–water partition coefficient (Wildman–Crippen LogP) is 3.18. The smallest absolute Gasteiger partial charge is 0.244 e. The summed E-state index contributed by atoms with van der Waals surface area (Å²) in [5.41, 5.74) is 1.37. The van der Waals surface area contributed by atoms with Crippen LogP contribution in [0.25, 0.3) is 5.57 Å². The van der Waals surface area contributed by atoms with Gasteiger partial charge in [0.15, 0.2) is 0 Å². The molecule has 3 nitrogen and oxygen atoms in total. The second kappa shape index (κ2) is 6.23. The molecule has 1 aromatic carbocycles. The summed E-state index contributed by atoms with van der Waals surface area (Å²) in [5, 5.41) is 2.86. The summed E-state index contributed by atoms with van der Waals surface area (Å²) in [6.45, 7) is 9.77. The van der Waals surface area contributed by atoms with Crippen molar-refractivity contribution in [2.75, 3.05) is 7.11 Å². The Morgan fingerprint density at radius 3 is 2.47 bits per heavy atom. The molecular formula is C16H21NO2. The molecule has 0 aromatic heterocycles. The van der Waals surface area contributed by atoms with Crippen molar-refractivity contribution in [3.63, 3.8) is 0 Å². The number of benzene rings is 1. The Morgan fingerprint density at radius 1 is 1.26 bits per heavy atom. The molecule has 1 aromatic rings. The first kappa shape index (κ1) is 15.0. The van der Waals surface area contributed by atoms with E-state index in [0.717, 1.165) is 16.9 Å². The lowest BCUT2D eigenvalue weighted by Gasteiger charge is -2.19. The van der Waals surface area contributed by atoms with Crippen LogP contribution in [0.15, 0.2) is 43.0 Å². The van der Waals surface area contributed by atoms with E-state index in [1.165, 1.54) is 6.08 Å². The molecule has 102 valence electrons. The van der Waals surface area contributed by atoms with Crippen LogP contribution >= 0.6 is 0 Å². The number of rotatable bonds is 4. The number of carbonyl (C=O) groups is 1. The van der Waals surface area contributed by atoms with Crippen LogP contribution in [0.4, 0.5) is 0 Å². The minimum Gasteiger partial charge on any atom is -0.496 e. The maximum absolute atomic E-state index is 11.7. The molecule has 0 spiro atoms. The number of amides is 1. The van der Waals surface area contributed by atoms with E-state index in [0.29, 0.717) is 0 Å². The van der Waals surface area contributed by atoms with Crippen molar-refractivity contribution >= 4 is 11.5 Å². The van der Waals surface area contributed by atoms with Crippen LogP contribution in [0.1, 0.15) is 26.3 Å². The van der Waals surface area contributed by atoms with Gasteiger partial charge >= 0.3 is 0 Å². The van der Waals surface area contributed by atoms with E-state index in [1.807, 2.05) is 45.0 Å². The normalized spacial score (nSPS) is 11.4. The fourth-order valence-electron chi connectivity index (χ4n) is 1.59. The lowest BCUT2D eigenvalue weighted by molar-refractivity contribution is -0.117. The highest BCUT2D eigenvalue weighted by molar-refractivity contribution is 5.91. The maximum atomic E-state index is 11.7. The van der Waals surface area contributed by atoms with Crippen LogP contribution in [0.3, 0.4) is 0 Å². The fraction of sp³-hybridized carbons (Fsp3) is 0.312. The Morgan fingerprint density at radius 2 is 1.89 bits per heavy atom. The summed E-state index contributed by atoms with van der Waals surface area (Å²) in [6, 6.07) is 7.58. The Labute approximate surface area is 115 Å². The van der Waals surface area contributed by atoms with Crippen molar-refractivity contribution in [3.05, 3.63) is 48.6 Å². The molecule has 0 aliphatic rings. The van der Waals surface area contributed by atoms with Crippen molar-refractivity contribution in [3.8, 4) is 5.75 Å². The van der Waals surface area contributed by atoms with Crippen molar-refractivity contribution in [1.82, 2.24) is 5.32 Å². The molecule has 0 heterocycles. The first-order valence-electron chi connectivity index (χ1n) is 6.16. The van der Waals surface area contributed by atoms with Gasteiger partial charge in [-0.2, -0.15) is 0 Å². The zero-order valence-corrected chi connectivity index (χ0v) is 12.0. The molecule has 0 unspecified atom stereocenters. The second-order valence-electron chi connectivity index (χ2n) is 5.30. The molecular weight excluding hydrogens is 238 g/mol. The number of carbonyl (C=O) groups excluding carboxylic acids is 1. The molecule has 0 saturated heterocycles. The Hall–Kier alpha value is -2.03. The van der Waals surface area contributed by atoms with Gasteiger partial charge in [-0.15, -0.1) is 0 Å². The predicted molar refractivity (Wildman–Crippen MR) is 79.1 cm³/mol. The van der Waals surface area contributed by atoms with Crippen LogP contribution in [-0.4, -0.2) is 18.6 Å². The van der Waals surface area contributed by atoms with Gasteiger partial charge in [0.05, 0.1) is 7.11 Å². The zero-order valence-electron chi connectivity index (χ0n) is 12.0. The van der Waals surface area contributed by atoms with Crippen LogP contribution in [0.5, 0.6) is 5.75 Å². The number of allylic oxidation sites excluding steroid dienone is 2. The minimum absolute atomic E-state index is 0.136. The Bertz CT molecular complexity index is 496. The molecule has 1 amide bonds. The summed E-state index contributed by atoms with van der Waals surface area (Å²) in [5.74, 6) is 0.608. The first-order chi connectivity index (χ1) is 8.83. The van der Waals surface area contributed by atoms with Crippen LogP contribution in [-0.2, 0) is 4.79 Å². The van der Waals surface area contributed by atoms with Gasteiger partial charge in [0, 0.05) is 17.2 Å². The van der Waals surface area contributed by atoms with E-state index in [-0.39, 0.29) is 11.4 Å². The van der Waals surface area contributed by atoms with E-state index in [9.17, 15) is 4.79 Å². The highest BCUT2D eigenvalue weighted by atomic mass is 16.5. The topological polar surface area (TPSA) is 38.3 Å². The molecule has 0 atom stereocenters. The number of methoxy groups -OCH3 is 1. The standard InChI is InChI=1S/C16H21NO2/c1-12(10-11-15(18)17-16(2,3)4)13-8-6-7-9-14(13)19-5/h6-11H,1H2,2-5H3,(H,17,18)/b11-10+. The average Bonchev–Trinajstić information content (AvgIpc) is 2.33. The molecule has 1 rings (SSSR count). The third-order valence-corrected chi connectivity index (χ3v) is 2.39. The molecule has 0 bridgehead atoms. The Balaban J connectivity index is 2.77. The molecule has 1 N–H and O–H groups in total. The van der Waals surface area contributed by atoms with Crippen LogP contribution in [0.2, 0.25) is 0 Å². The van der Waals surface area contributed by atoms with Gasteiger partial charge in [0.2, 0.25) is 5.91 Å². The molecule has 0 aliphatic heterocycles. The quantitative estimate of drug-likeness (QED) is 0.666. The SMILES string of the molecule is C=C(/C=C/C(=O)NC(C)(C)C)c1ccccc1OC. The van der Waals surface area contributed by atoms with E-state index in [2.05, 4.69) is 11.9 Å². The van der Waals surface area contributed by atoms with Crippen LogP contribution < -0.4 is 10.1 Å². The third kappa shape index (κ3) is 5.00. The summed E-state index contributed by atoms with van der Waals surface area (Å²) < 4.78 is 5.26. The van der Waals surface area contributed by atoms with Crippen molar-refractivity contribution in [2.24, 2.45) is 0 Å². The van der Waals surface area contributed by atoms with Gasteiger partial charge in [-0.1, -0.05) is 24.8 Å². The van der Waals surface area contributed by atoms with Crippen molar-refractivity contribution in [2.45, 2.75) is 26.3 Å². The van der Waals surface area contributed by atoms with E-state index in [1.54, 1.807) is 13.2 Å². The van der Waals surface area contributed by atoms with Gasteiger partial charge in [0.25, 0.3) is 0 Å². The van der Waals surface area contributed by atoms with E-state index >= 15 is 0 Å². The number of hydrogen-bond donors (Lipinski definition) is 1. The third-order valence-electron chi connectivity index (χ3n) is 2.39. The minimum atomic E-state index is -0.243. The molecule has 19 heavy (non-hydrogen) atoms. The number of para-hydroxylation sites is 1. The number of nitrogens with one attached hydrogen (secondary N) is 1. The first-order valence-corrected chi connectivity index (χ1v) is 6.16. The number of ether oxygens (including phenoxy) is 1. The van der Waals surface area contributed by atoms with Crippen LogP contribution in [0, 0.1) is 0 Å². The summed E-state index contributed by atoms with van der Waals surface area (Å²) >= 11 is 0. The average molecular weight is 259 g/mol. The Kier molecular flexibility index (Phi) is 4.93. The largest absolute Gasteiger partial charge is 0.496 e.